The van der Waals surface area contributed by atoms with Crippen LogP contribution in [0, 0.1) is 34.5 Å². The van der Waals surface area contributed by atoms with E-state index in [1.165, 1.54) is 32.1 Å². The van der Waals surface area contributed by atoms with Gasteiger partial charge in [0.1, 0.15) is 5.78 Å². The molecule has 0 unspecified atom stereocenters. The third-order valence-electron chi connectivity index (χ3n) is 11.1. The fourth-order valence-corrected chi connectivity index (χ4v) is 9.66. The molecule has 0 N–H and O–H groups in total. The second kappa shape index (κ2) is 8.05. The van der Waals surface area contributed by atoms with Crippen LogP contribution in [0.3, 0.4) is 0 Å². The second-order valence-corrected chi connectivity index (χ2v) is 18.4. The van der Waals surface area contributed by atoms with Crippen LogP contribution in [0.4, 0.5) is 0 Å². The molecule has 0 aromatic carbocycles. The van der Waals surface area contributed by atoms with Gasteiger partial charge in [0.05, 0.1) is 6.10 Å². The second-order valence-electron chi connectivity index (χ2n) is 13.6. The minimum atomic E-state index is -1.74. The molecular weight excluding hydrogens is 412 g/mol. The van der Waals surface area contributed by atoms with Gasteiger partial charge >= 0.3 is 0 Å². The third-order valence-corrected chi connectivity index (χ3v) is 15.6. The number of hydrogen-bond acceptors (Lipinski definition) is 3. The van der Waals surface area contributed by atoms with Crippen molar-refractivity contribution in [2.24, 2.45) is 34.5 Å². The molecule has 4 heteroatoms. The summed E-state index contributed by atoms with van der Waals surface area (Å²) in [6.07, 6.45) is 11.4. The summed E-state index contributed by atoms with van der Waals surface area (Å²) in [7, 11) is 0.0694. The van der Waals surface area contributed by atoms with E-state index in [2.05, 4.69) is 53.8 Å². The summed E-state index contributed by atoms with van der Waals surface area (Å²) in [4.78, 5) is 12.6. The maximum atomic E-state index is 12.6. The minimum Gasteiger partial charge on any atom is -0.414 e. The standard InChI is InChI=1S/C28H48O3Si/c1-18(29)25-24(30-7)17-23-21-11-10-19-16-20(31-32(8,9)26(2,3)4)12-14-27(19,5)22(21)13-15-28(23,25)6/h10,20-25H,11-17H2,1-9H3/t20-,21-,22+,23+,24-,25+,27-,28+/m0/s1. The van der Waals surface area contributed by atoms with Crippen LogP contribution >= 0.6 is 0 Å². The molecule has 0 aliphatic heterocycles. The first-order valence-corrected chi connectivity index (χ1v) is 16.1. The summed E-state index contributed by atoms with van der Waals surface area (Å²) in [6, 6.07) is 0. The van der Waals surface area contributed by atoms with Crippen molar-refractivity contribution >= 4 is 14.1 Å². The number of methoxy groups -OCH3 is 1. The number of carbonyl (C=O) groups is 1. The van der Waals surface area contributed by atoms with Crippen molar-refractivity contribution in [1.29, 1.82) is 0 Å². The van der Waals surface area contributed by atoms with E-state index < -0.39 is 8.32 Å². The molecule has 0 radical (unpaired) electrons. The zero-order valence-electron chi connectivity index (χ0n) is 22.2. The molecule has 0 bridgehead atoms. The Morgan fingerprint density at radius 2 is 1.81 bits per heavy atom. The Balaban J connectivity index is 1.56. The van der Waals surface area contributed by atoms with Crippen molar-refractivity contribution in [2.45, 2.75) is 117 Å². The van der Waals surface area contributed by atoms with Gasteiger partial charge in [0.25, 0.3) is 0 Å². The van der Waals surface area contributed by atoms with Crippen LogP contribution < -0.4 is 0 Å². The first-order valence-electron chi connectivity index (χ1n) is 13.1. The van der Waals surface area contributed by atoms with Crippen LogP contribution in [-0.4, -0.2) is 33.4 Å². The summed E-state index contributed by atoms with van der Waals surface area (Å²) in [5.41, 5.74) is 2.11. The van der Waals surface area contributed by atoms with Gasteiger partial charge < -0.3 is 9.16 Å². The topological polar surface area (TPSA) is 35.5 Å². The normalized spacial score (nSPS) is 44.3. The predicted octanol–water partition coefficient (Wildman–Crippen LogP) is 7.17. The molecule has 0 aromatic heterocycles. The molecule has 4 rings (SSSR count). The number of fused-ring (bicyclic) bond motifs is 5. The highest BCUT2D eigenvalue weighted by Crippen LogP contribution is 2.66. The molecule has 4 aliphatic carbocycles. The number of carbonyl (C=O) groups excluding carboxylic acids is 1. The largest absolute Gasteiger partial charge is 0.414 e. The zero-order chi connectivity index (χ0) is 23.7. The quantitative estimate of drug-likeness (QED) is 0.329. The number of allylic oxidation sites excluding steroid dienone is 1. The van der Waals surface area contributed by atoms with Gasteiger partial charge in [-0.15, -0.1) is 0 Å². The summed E-state index contributed by atoms with van der Waals surface area (Å²) >= 11 is 0. The summed E-state index contributed by atoms with van der Waals surface area (Å²) in [5, 5.41) is 0.265. The smallest absolute Gasteiger partial charge is 0.192 e. The van der Waals surface area contributed by atoms with Gasteiger partial charge in [-0.2, -0.15) is 0 Å². The van der Waals surface area contributed by atoms with Gasteiger partial charge in [-0.3, -0.25) is 4.79 Å². The van der Waals surface area contributed by atoms with Crippen LogP contribution in [0.5, 0.6) is 0 Å². The average Bonchev–Trinajstić information content (AvgIpc) is 2.99. The third kappa shape index (κ3) is 3.71. The van der Waals surface area contributed by atoms with Crippen molar-refractivity contribution in [3.63, 3.8) is 0 Å². The highest BCUT2D eigenvalue weighted by atomic mass is 28.4. The van der Waals surface area contributed by atoms with E-state index in [1.807, 2.05) is 7.11 Å². The van der Waals surface area contributed by atoms with Crippen molar-refractivity contribution in [1.82, 2.24) is 0 Å². The Bertz CT molecular complexity index is 780. The molecule has 182 valence electrons. The van der Waals surface area contributed by atoms with Gasteiger partial charge in [0, 0.05) is 19.1 Å². The zero-order valence-corrected chi connectivity index (χ0v) is 23.2. The number of ketones is 1. The lowest BCUT2D eigenvalue weighted by molar-refractivity contribution is -0.131. The molecule has 3 nitrogen and oxygen atoms in total. The van der Waals surface area contributed by atoms with E-state index in [0.29, 0.717) is 29.1 Å². The fourth-order valence-electron chi connectivity index (χ4n) is 8.27. The maximum Gasteiger partial charge on any atom is 0.192 e. The lowest BCUT2D eigenvalue weighted by atomic mass is 9.47. The number of Topliss-reactive ketones (excluding diaryl/α,β-unsaturated/α-hetero) is 1. The predicted molar refractivity (Wildman–Crippen MR) is 134 cm³/mol. The van der Waals surface area contributed by atoms with Crippen molar-refractivity contribution in [2.75, 3.05) is 7.11 Å². The van der Waals surface area contributed by atoms with Gasteiger partial charge in [0.2, 0.25) is 0 Å². The van der Waals surface area contributed by atoms with E-state index in [-0.39, 0.29) is 22.5 Å². The van der Waals surface area contributed by atoms with Crippen LogP contribution in [-0.2, 0) is 14.0 Å². The molecule has 8 atom stereocenters. The first kappa shape index (κ1) is 24.7. The van der Waals surface area contributed by atoms with Crippen LogP contribution in [0.2, 0.25) is 18.1 Å². The summed E-state index contributed by atoms with van der Waals surface area (Å²) < 4.78 is 12.8. The van der Waals surface area contributed by atoms with E-state index in [0.717, 1.165) is 18.8 Å². The SMILES string of the molecule is CO[C@H]1C[C@@H]2[C@H]3CC=C4C[C@@H](O[Si](C)(C)C(C)(C)C)CC[C@]4(C)[C@@H]3CC[C@@]2(C)[C@@H]1C(C)=O. The number of rotatable bonds is 4. The Labute approximate surface area is 198 Å². The first-order chi connectivity index (χ1) is 14.7. The van der Waals surface area contributed by atoms with E-state index >= 15 is 0 Å². The maximum absolute atomic E-state index is 12.6. The molecule has 0 spiro atoms. The van der Waals surface area contributed by atoms with Crippen molar-refractivity contribution in [3.05, 3.63) is 11.6 Å². The van der Waals surface area contributed by atoms with E-state index in [4.69, 9.17) is 9.16 Å². The molecule has 0 aromatic rings. The Kier molecular flexibility index (Phi) is 6.21. The van der Waals surface area contributed by atoms with Crippen LogP contribution in [0.25, 0.3) is 0 Å². The van der Waals surface area contributed by atoms with Crippen molar-refractivity contribution < 1.29 is 14.0 Å². The molecule has 0 heterocycles. The molecule has 4 aliphatic rings. The Morgan fingerprint density at radius 1 is 1.12 bits per heavy atom. The van der Waals surface area contributed by atoms with E-state index in [1.54, 1.807) is 12.5 Å². The Hall–Kier alpha value is -0.453. The van der Waals surface area contributed by atoms with Crippen molar-refractivity contribution in [3.8, 4) is 0 Å². The van der Waals surface area contributed by atoms with Gasteiger partial charge in [0.15, 0.2) is 8.32 Å². The monoisotopic (exact) mass is 460 g/mol. The summed E-state index contributed by atoms with van der Waals surface area (Å²) in [5.74, 6) is 2.46. The molecule has 0 saturated heterocycles. The molecule has 32 heavy (non-hydrogen) atoms. The lowest BCUT2D eigenvalue weighted by Gasteiger charge is -2.58. The lowest BCUT2D eigenvalue weighted by Crippen LogP contribution is -2.52. The molecular formula is C28H48O3Si. The van der Waals surface area contributed by atoms with Crippen LogP contribution in [0.15, 0.2) is 11.6 Å². The highest BCUT2D eigenvalue weighted by molar-refractivity contribution is 6.74. The van der Waals surface area contributed by atoms with Crippen LogP contribution in [0.1, 0.15) is 86.5 Å². The van der Waals surface area contributed by atoms with E-state index in [9.17, 15) is 4.79 Å². The van der Waals surface area contributed by atoms with Gasteiger partial charge in [-0.25, -0.2) is 0 Å². The van der Waals surface area contributed by atoms with Gasteiger partial charge in [-0.05, 0) is 98.6 Å². The average molecular weight is 461 g/mol. The number of hydrogen-bond donors (Lipinski definition) is 0. The fraction of sp³-hybridized carbons (Fsp3) is 0.893. The molecule has 3 saturated carbocycles. The highest BCUT2D eigenvalue weighted by Gasteiger charge is 2.62. The number of ether oxygens (including phenoxy) is 1. The minimum absolute atomic E-state index is 0.0744. The van der Waals surface area contributed by atoms with Gasteiger partial charge in [-0.1, -0.05) is 46.3 Å². The summed E-state index contributed by atoms with van der Waals surface area (Å²) in [6.45, 7) is 18.6. The molecule has 0 amide bonds. The molecule has 3 fully saturated rings. The Morgan fingerprint density at radius 3 is 2.41 bits per heavy atom.